The topological polar surface area (TPSA) is 98.7 Å². The van der Waals surface area contributed by atoms with E-state index < -0.39 is 17.9 Å². The van der Waals surface area contributed by atoms with Gasteiger partial charge in [-0.25, -0.2) is 4.79 Å². The number of carboxylic acids is 1. The highest BCUT2D eigenvalue weighted by Gasteiger charge is 2.34. The van der Waals surface area contributed by atoms with Crippen LogP contribution in [-0.4, -0.2) is 53.6 Å². The third kappa shape index (κ3) is 4.42. The maximum absolute atomic E-state index is 12.0. The predicted octanol–water partition coefficient (Wildman–Crippen LogP) is 0.0172. The van der Waals surface area contributed by atoms with E-state index in [0.717, 1.165) is 6.42 Å². The summed E-state index contributed by atoms with van der Waals surface area (Å²) in [6.45, 7) is 5.24. The standard InChI is InChI=1S/C12H21N3O4/c1-3-8(2)7-14-12(19)15-5-4-13-11(18)9(15)6-10(16)17/h8-9H,3-7H2,1-2H3,(H,13,18)(H,14,19)(H,16,17). The molecular weight excluding hydrogens is 250 g/mol. The van der Waals surface area contributed by atoms with Gasteiger partial charge in [0.2, 0.25) is 5.91 Å². The van der Waals surface area contributed by atoms with Gasteiger partial charge >= 0.3 is 12.0 Å². The number of carbonyl (C=O) groups is 3. The third-order valence-corrected chi connectivity index (χ3v) is 3.26. The van der Waals surface area contributed by atoms with Crippen LogP contribution in [0.15, 0.2) is 0 Å². The summed E-state index contributed by atoms with van der Waals surface area (Å²) in [5.74, 6) is -1.16. The molecule has 3 amide bonds. The number of amides is 3. The van der Waals surface area contributed by atoms with Crippen molar-refractivity contribution >= 4 is 17.9 Å². The maximum atomic E-state index is 12.0. The fraction of sp³-hybridized carbons (Fsp3) is 0.750. The second-order valence-corrected chi connectivity index (χ2v) is 4.80. The van der Waals surface area contributed by atoms with Crippen molar-refractivity contribution in [3.63, 3.8) is 0 Å². The number of nitrogens with one attached hydrogen (secondary N) is 2. The Morgan fingerprint density at radius 2 is 2.26 bits per heavy atom. The molecular formula is C12H21N3O4. The summed E-state index contributed by atoms with van der Waals surface area (Å²) in [6, 6.07) is -1.30. The number of urea groups is 1. The van der Waals surface area contributed by atoms with Crippen molar-refractivity contribution in [3.8, 4) is 0 Å². The minimum atomic E-state index is -1.10. The molecule has 0 aromatic heterocycles. The molecule has 0 radical (unpaired) electrons. The van der Waals surface area contributed by atoms with Crippen LogP contribution in [0.4, 0.5) is 4.79 Å². The summed E-state index contributed by atoms with van der Waals surface area (Å²) in [4.78, 5) is 35.7. The van der Waals surface area contributed by atoms with Gasteiger partial charge in [-0.15, -0.1) is 0 Å². The Bertz CT molecular complexity index is 359. The number of aliphatic carboxylic acids is 1. The molecule has 2 atom stereocenters. The van der Waals surface area contributed by atoms with E-state index >= 15 is 0 Å². The maximum Gasteiger partial charge on any atom is 0.318 e. The summed E-state index contributed by atoms with van der Waals surface area (Å²) >= 11 is 0. The number of rotatable bonds is 5. The zero-order chi connectivity index (χ0) is 14.4. The minimum absolute atomic E-state index is 0.329. The number of hydrogen-bond acceptors (Lipinski definition) is 3. The van der Waals surface area contributed by atoms with Crippen LogP contribution in [0.3, 0.4) is 0 Å². The largest absolute Gasteiger partial charge is 0.481 e. The Kier molecular flexibility index (Phi) is 5.59. The molecule has 1 heterocycles. The van der Waals surface area contributed by atoms with Gasteiger partial charge in [-0.2, -0.15) is 0 Å². The quantitative estimate of drug-likeness (QED) is 0.656. The molecule has 7 nitrogen and oxygen atoms in total. The van der Waals surface area contributed by atoms with Crippen molar-refractivity contribution in [2.75, 3.05) is 19.6 Å². The molecule has 19 heavy (non-hydrogen) atoms. The van der Waals surface area contributed by atoms with Gasteiger partial charge in [-0.05, 0) is 5.92 Å². The Balaban J connectivity index is 2.63. The molecule has 0 saturated carbocycles. The number of carbonyl (C=O) groups excluding carboxylic acids is 2. The van der Waals surface area contributed by atoms with E-state index in [0.29, 0.717) is 25.6 Å². The summed E-state index contributed by atoms with van der Waals surface area (Å²) < 4.78 is 0. The van der Waals surface area contributed by atoms with Crippen molar-refractivity contribution in [1.82, 2.24) is 15.5 Å². The van der Waals surface area contributed by atoms with E-state index in [4.69, 9.17) is 5.11 Å². The van der Waals surface area contributed by atoms with E-state index in [2.05, 4.69) is 10.6 Å². The van der Waals surface area contributed by atoms with Gasteiger partial charge in [0.25, 0.3) is 0 Å². The van der Waals surface area contributed by atoms with E-state index in [9.17, 15) is 14.4 Å². The fourth-order valence-corrected chi connectivity index (χ4v) is 1.83. The first-order valence-corrected chi connectivity index (χ1v) is 6.49. The van der Waals surface area contributed by atoms with Crippen LogP contribution >= 0.6 is 0 Å². The summed E-state index contributed by atoms with van der Waals surface area (Å²) in [5.41, 5.74) is 0. The Morgan fingerprint density at radius 3 is 2.84 bits per heavy atom. The first kappa shape index (κ1) is 15.3. The van der Waals surface area contributed by atoms with Crippen LogP contribution in [0.25, 0.3) is 0 Å². The van der Waals surface area contributed by atoms with Gasteiger partial charge in [-0.3, -0.25) is 9.59 Å². The van der Waals surface area contributed by atoms with Crippen molar-refractivity contribution in [2.45, 2.75) is 32.7 Å². The van der Waals surface area contributed by atoms with Gasteiger partial charge < -0.3 is 20.6 Å². The fourth-order valence-electron chi connectivity index (χ4n) is 1.83. The molecule has 7 heteroatoms. The number of carboxylic acid groups (broad SMARTS) is 1. The van der Waals surface area contributed by atoms with Crippen molar-refractivity contribution in [3.05, 3.63) is 0 Å². The SMILES string of the molecule is CCC(C)CNC(=O)N1CCNC(=O)C1CC(=O)O. The summed E-state index contributed by atoms with van der Waals surface area (Å²) in [6.07, 6.45) is 0.571. The van der Waals surface area contributed by atoms with Crippen LogP contribution in [0.5, 0.6) is 0 Å². The van der Waals surface area contributed by atoms with Crippen LogP contribution < -0.4 is 10.6 Å². The molecule has 0 spiro atoms. The molecule has 1 rings (SSSR count). The molecule has 1 aliphatic heterocycles. The number of nitrogens with zero attached hydrogens (tertiary/aromatic N) is 1. The summed E-state index contributed by atoms with van der Waals surface area (Å²) in [5, 5.41) is 14.1. The highest BCUT2D eigenvalue weighted by Crippen LogP contribution is 2.09. The molecule has 1 fully saturated rings. The monoisotopic (exact) mass is 271 g/mol. The predicted molar refractivity (Wildman–Crippen MR) is 68.6 cm³/mol. The lowest BCUT2D eigenvalue weighted by atomic mass is 10.1. The van der Waals surface area contributed by atoms with E-state index in [1.165, 1.54) is 4.90 Å². The first-order chi connectivity index (χ1) is 8.95. The Morgan fingerprint density at radius 1 is 1.58 bits per heavy atom. The van der Waals surface area contributed by atoms with Crippen LogP contribution in [0, 0.1) is 5.92 Å². The molecule has 3 N–H and O–H groups in total. The van der Waals surface area contributed by atoms with Crippen LogP contribution in [0.2, 0.25) is 0 Å². The molecule has 1 aliphatic rings. The highest BCUT2D eigenvalue weighted by atomic mass is 16.4. The molecule has 0 bridgehead atoms. The smallest absolute Gasteiger partial charge is 0.318 e. The highest BCUT2D eigenvalue weighted by molar-refractivity contribution is 5.91. The van der Waals surface area contributed by atoms with E-state index in [1.807, 2.05) is 13.8 Å². The van der Waals surface area contributed by atoms with Crippen LogP contribution in [0.1, 0.15) is 26.7 Å². The minimum Gasteiger partial charge on any atom is -0.481 e. The average Bonchev–Trinajstić information content (AvgIpc) is 2.37. The number of piperazine rings is 1. The lowest BCUT2D eigenvalue weighted by molar-refractivity contribution is -0.142. The molecule has 1 saturated heterocycles. The van der Waals surface area contributed by atoms with Crippen LogP contribution in [-0.2, 0) is 9.59 Å². The molecule has 0 aromatic carbocycles. The van der Waals surface area contributed by atoms with Crippen molar-refractivity contribution in [1.29, 1.82) is 0 Å². The van der Waals surface area contributed by atoms with Gasteiger partial charge in [0.05, 0.1) is 6.42 Å². The van der Waals surface area contributed by atoms with Gasteiger partial charge in [0.15, 0.2) is 0 Å². The Labute approximate surface area is 112 Å². The average molecular weight is 271 g/mol. The Hall–Kier alpha value is -1.79. The first-order valence-electron chi connectivity index (χ1n) is 6.49. The molecule has 0 aromatic rings. The molecule has 108 valence electrons. The van der Waals surface area contributed by atoms with E-state index in [-0.39, 0.29) is 12.5 Å². The summed E-state index contributed by atoms with van der Waals surface area (Å²) in [7, 11) is 0. The molecule has 0 aliphatic carbocycles. The third-order valence-electron chi connectivity index (χ3n) is 3.26. The van der Waals surface area contributed by atoms with Crippen molar-refractivity contribution < 1.29 is 19.5 Å². The van der Waals surface area contributed by atoms with Crippen molar-refractivity contribution in [2.24, 2.45) is 5.92 Å². The zero-order valence-corrected chi connectivity index (χ0v) is 11.3. The normalized spacial score (nSPS) is 20.6. The second-order valence-electron chi connectivity index (χ2n) is 4.80. The van der Waals surface area contributed by atoms with Gasteiger partial charge in [0, 0.05) is 19.6 Å². The second kappa shape index (κ2) is 6.96. The van der Waals surface area contributed by atoms with Gasteiger partial charge in [0.1, 0.15) is 6.04 Å². The lowest BCUT2D eigenvalue weighted by Crippen LogP contribution is -2.60. The van der Waals surface area contributed by atoms with E-state index in [1.54, 1.807) is 0 Å². The number of hydrogen-bond donors (Lipinski definition) is 3. The molecule has 2 unspecified atom stereocenters. The lowest BCUT2D eigenvalue weighted by Gasteiger charge is -2.34. The zero-order valence-electron chi connectivity index (χ0n) is 11.3. The van der Waals surface area contributed by atoms with Gasteiger partial charge in [-0.1, -0.05) is 20.3 Å².